The molecule has 0 spiro atoms. The monoisotopic (exact) mass is 432 g/mol. The largest absolute Gasteiger partial charge is 0.347 e. The molecule has 1 aliphatic carbocycles. The van der Waals surface area contributed by atoms with E-state index in [1.165, 1.54) is 35.6 Å². The lowest BCUT2D eigenvalue weighted by atomic mass is 9.69. The number of benzene rings is 1. The number of amides is 3. The van der Waals surface area contributed by atoms with Crippen molar-refractivity contribution in [2.24, 2.45) is 5.41 Å². The molecule has 7 nitrogen and oxygen atoms in total. The zero-order chi connectivity index (χ0) is 21.4. The molecule has 0 radical (unpaired) electrons. The Hall–Kier alpha value is -2.81. The quantitative estimate of drug-likeness (QED) is 0.592. The van der Waals surface area contributed by atoms with Crippen molar-refractivity contribution in [2.75, 3.05) is 17.2 Å². The van der Waals surface area contributed by atoms with Crippen molar-refractivity contribution in [1.29, 1.82) is 0 Å². The van der Waals surface area contributed by atoms with Gasteiger partial charge in [-0.05, 0) is 42.5 Å². The molecule has 0 unspecified atom stereocenters. The molecule has 1 fully saturated rings. The van der Waals surface area contributed by atoms with E-state index in [2.05, 4.69) is 20.9 Å². The van der Waals surface area contributed by atoms with Gasteiger partial charge in [0.25, 0.3) is 0 Å². The Morgan fingerprint density at radius 3 is 2.33 bits per heavy atom. The summed E-state index contributed by atoms with van der Waals surface area (Å²) in [6.07, 6.45) is 6.72. The number of hydrogen-bond donors (Lipinski definition) is 3. The molecule has 1 heterocycles. The van der Waals surface area contributed by atoms with Crippen molar-refractivity contribution in [1.82, 2.24) is 10.3 Å². The molecule has 3 N–H and O–H groups in total. The zero-order valence-electron chi connectivity index (χ0n) is 16.6. The third kappa shape index (κ3) is 6.62. The zero-order valence-corrected chi connectivity index (χ0v) is 17.4. The molecule has 1 saturated carbocycles. The van der Waals surface area contributed by atoms with E-state index in [9.17, 15) is 18.8 Å². The van der Waals surface area contributed by atoms with Gasteiger partial charge in [-0.15, -0.1) is 11.3 Å². The lowest BCUT2D eigenvalue weighted by Gasteiger charge is -2.36. The van der Waals surface area contributed by atoms with Crippen molar-refractivity contribution in [3.8, 4) is 0 Å². The lowest BCUT2D eigenvalue weighted by molar-refractivity contribution is -0.128. The molecule has 9 heteroatoms. The summed E-state index contributed by atoms with van der Waals surface area (Å²) in [6.45, 7) is -0.183. The van der Waals surface area contributed by atoms with Crippen LogP contribution in [0, 0.1) is 11.2 Å². The number of thiazole rings is 1. The number of anilines is 2. The van der Waals surface area contributed by atoms with Crippen LogP contribution in [0.5, 0.6) is 0 Å². The van der Waals surface area contributed by atoms with Crippen molar-refractivity contribution >= 4 is 39.9 Å². The maximum atomic E-state index is 12.9. The minimum atomic E-state index is -0.406. The van der Waals surface area contributed by atoms with Crippen molar-refractivity contribution in [3.05, 3.63) is 41.7 Å². The van der Waals surface area contributed by atoms with Crippen LogP contribution < -0.4 is 16.0 Å². The van der Waals surface area contributed by atoms with Gasteiger partial charge < -0.3 is 16.0 Å². The fourth-order valence-corrected chi connectivity index (χ4v) is 4.37. The molecular formula is C21H25FN4O3S. The van der Waals surface area contributed by atoms with Crippen LogP contribution in [0.2, 0.25) is 0 Å². The summed E-state index contributed by atoms with van der Waals surface area (Å²) < 4.78 is 12.9. The Bertz CT molecular complexity index is 865. The lowest BCUT2D eigenvalue weighted by Crippen LogP contribution is -2.39. The van der Waals surface area contributed by atoms with Crippen LogP contribution in [0.3, 0.4) is 0 Å². The third-order valence-corrected chi connectivity index (χ3v) is 5.93. The molecule has 160 valence electrons. The summed E-state index contributed by atoms with van der Waals surface area (Å²) in [5.41, 5.74) is 0.0511. The molecule has 0 aliphatic heterocycles. The van der Waals surface area contributed by atoms with Gasteiger partial charge in [0.15, 0.2) is 5.13 Å². The smallest absolute Gasteiger partial charge is 0.243 e. The molecule has 1 aromatic heterocycles. The van der Waals surface area contributed by atoms with Crippen LogP contribution in [-0.4, -0.2) is 29.3 Å². The van der Waals surface area contributed by atoms with Crippen LogP contribution in [0.25, 0.3) is 0 Å². The van der Waals surface area contributed by atoms with E-state index in [1.807, 2.05) is 0 Å². The van der Waals surface area contributed by atoms with Gasteiger partial charge in [-0.2, -0.15) is 0 Å². The van der Waals surface area contributed by atoms with Gasteiger partial charge >= 0.3 is 0 Å². The van der Waals surface area contributed by atoms with Gasteiger partial charge in [0.05, 0.1) is 6.54 Å². The molecule has 30 heavy (non-hydrogen) atoms. The number of rotatable bonds is 8. The molecule has 0 saturated heterocycles. The molecule has 1 aromatic carbocycles. The summed E-state index contributed by atoms with van der Waals surface area (Å²) in [5, 5.41) is 10.4. The Balaban J connectivity index is 1.51. The minimum absolute atomic E-state index is 0.145. The van der Waals surface area contributed by atoms with Gasteiger partial charge in [0.1, 0.15) is 5.82 Å². The van der Waals surface area contributed by atoms with Gasteiger partial charge in [0.2, 0.25) is 17.7 Å². The molecule has 0 bridgehead atoms. The maximum absolute atomic E-state index is 12.9. The van der Waals surface area contributed by atoms with Crippen molar-refractivity contribution in [3.63, 3.8) is 0 Å². The number of carbonyl (C=O) groups is 3. The molecule has 3 amide bonds. The number of aromatic nitrogens is 1. The van der Waals surface area contributed by atoms with E-state index in [1.54, 1.807) is 11.6 Å². The highest BCUT2D eigenvalue weighted by atomic mass is 32.1. The standard InChI is InChI=1S/C21H25FN4O3S/c22-15-4-6-16(7-5-15)25-19(29)14-24-17(27)12-21(8-2-1-3-9-21)13-18(28)26-20-23-10-11-30-20/h4-7,10-11H,1-3,8-9,12-14H2,(H,24,27)(H,25,29)(H,23,26,28). The average molecular weight is 433 g/mol. The summed E-state index contributed by atoms with van der Waals surface area (Å²) in [6, 6.07) is 5.40. The average Bonchev–Trinajstić information content (AvgIpc) is 3.21. The number of halogens is 1. The van der Waals surface area contributed by atoms with Crippen LogP contribution in [-0.2, 0) is 14.4 Å². The van der Waals surface area contributed by atoms with E-state index in [0.29, 0.717) is 10.8 Å². The summed E-state index contributed by atoms with van der Waals surface area (Å²) >= 11 is 1.35. The summed E-state index contributed by atoms with van der Waals surface area (Å²) in [5.74, 6) is -1.19. The highest BCUT2D eigenvalue weighted by Crippen LogP contribution is 2.42. The van der Waals surface area contributed by atoms with Crippen LogP contribution in [0.4, 0.5) is 15.2 Å². The summed E-state index contributed by atoms with van der Waals surface area (Å²) in [4.78, 5) is 41.1. The van der Waals surface area contributed by atoms with Crippen molar-refractivity contribution < 1.29 is 18.8 Å². The Morgan fingerprint density at radius 1 is 0.967 bits per heavy atom. The van der Waals surface area contributed by atoms with E-state index in [0.717, 1.165) is 32.1 Å². The second-order valence-corrected chi connectivity index (χ2v) is 8.53. The molecular weight excluding hydrogens is 407 g/mol. The van der Waals surface area contributed by atoms with Gasteiger partial charge in [-0.3, -0.25) is 14.4 Å². The first-order valence-corrected chi connectivity index (χ1v) is 10.8. The predicted molar refractivity (Wildman–Crippen MR) is 114 cm³/mol. The van der Waals surface area contributed by atoms with E-state index < -0.39 is 17.1 Å². The first-order valence-electron chi connectivity index (χ1n) is 9.96. The van der Waals surface area contributed by atoms with Crippen LogP contribution in [0.1, 0.15) is 44.9 Å². The Morgan fingerprint density at radius 2 is 1.67 bits per heavy atom. The van der Waals surface area contributed by atoms with E-state index in [-0.39, 0.29) is 31.2 Å². The molecule has 2 aromatic rings. The topological polar surface area (TPSA) is 100 Å². The predicted octanol–water partition coefficient (Wildman–Crippen LogP) is 3.71. The highest BCUT2D eigenvalue weighted by Gasteiger charge is 2.36. The normalized spacial score (nSPS) is 15.2. The molecule has 1 aliphatic rings. The number of nitrogens with zero attached hydrogens (tertiary/aromatic N) is 1. The van der Waals surface area contributed by atoms with E-state index >= 15 is 0 Å². The SMILES string of the molecule is O=C(CC1(CC(=O)Nc2nccs2)CCCCC1)NCC(=O)Nc1ccc(F)cc1. The number of hydrogen-bond acceptors (Lipinski definition) is 5. The fraction of sp³-hybridized carbons (Fsp3) is 0.429. The minimum Gasteiger partial charge on any atom is -0.347 e. The number of carbonyl (C=O) groups excluding carboxylic acids is 3. The first kappa shape index (κ1) is 21.9. The molecule has 3 rings (SSSR count). The van der Waals surface area contributed by atoms with Crippen LogP contribution >= 0.6 is 11.3 Å². The highest BCUT2D eigenvalue weighted by molar-refractivity contribution is 7.13. The fourth-order valence-electron chi connectivity index (χ4n) is 3.83. The molecule has 0 atom stereocenters. The second kappa shape index (κ2) is 10.3. The van der Waals surface area contributed by atoms with E-state index in [4.69, 9.17) is 0 Å². The maximum Gasteiger partial charge on any atom is 0.243 e. The first-order chi connectivity index (χ1) is 14.4. The Labute approximate surface area is 178 Å². The third-order valence-electron chi connectivity index (χ3n) is 5.24. The van der Waals surface area contributed by atoms with Gasteiger partial charge in [-0.25, -0.2) is 9.37 Å². The Kier molecular flexibility index (Phi) is 7.51. The van der Waals surface area contributed by atoms with Crippen LogP contribution in [0.15, 0.2) is 35.8 Å². The number of nitrogens with one attached hydrogen (secondary N) is 3. The summed E-state index contributed by atoms with van der Waals surface area (Å²) in [7, 11) is 0. The van der Waals surface area contributed by atoms with Gasteiger partial charge in [-0.1, -0.05) is 19.3 Å². The van der Waals surface area contributed by atoms with Gasteiger partial charge in [0, 0.05) is 30.1 Å². The second-order valence-electron chi connectivity index (χ2n) is 7.63. The van der Waals surface area contributed by atoms with Crippen molar-refractivity contribution in [2.45, 2.75) is 44.9 Å².